The molecule has 4 heterocycles. The number of halogens is 2. The Morgan fingerprint density at radius 1 is 1.05 bits per heavy atom. The third-order valence-corrected chi connectivity index (χ3v) is 8.64. The maximum absolute atomic E-state index is 14.0. The van der Waals surface area contributed by atoms with E-state index in [1.807, 2.05) is 64.5 Å². The SMILES string of the molecule is COc1ccc(CN2C=IC(=O)c3c(N[C@H](C)c4nc5ccc(F)cc5cc4-c4ccccn4)ncnc32)cc1. The van der Waals surface area contributed by atoms with Crippen LogP contribution in [0.4, 0.5) is 16.0 Å². The quantitative estimate of drug-likeness (QED) is 0.163. The van der Waals surface area contributed by atoms with Crippen molar-refractivity contribution in [1.82, 2.24) is 19.9 Å². The molecule has 8 nitrogen and oxygen atoms in total. The molecule has 1 atom stereocenters. The highest BCUT2D eigenvalue weighted by Crippen LogP contribution is 2.36. The zero-order valence-corrected chi connectivity index (χ0v) is 23.8. The second kappa shape index (κ2) is 11.0. The van der Waals surface area contributed by atoms with Crippen LogP contribution in [0.2, 0.25) is 0 Å². The summed E-state index contributed by atoms with van der Waals surface area (Å²) in [5, 5.41) is 4.11. The van der Waals surface area contributed by atoms with Crippen LogP contribution >= 0.6 is 20.7 Å². The standard InChI is InChI=1S/C30H24FIN6O2/c1-18(27-23(25-5-3-4-12-33-25)14-20-13-21(31)8-11-24(20)37-27)36-29-26-28(39)32-16-38(30(26)35-17-34-29)15-19-6-9-22(40-2)10-7-19/h3-14,16-18H,15H2,1-2H3,(H,34,35,36)/t18-/m1/s1. The lowest BCUT2D eigenvalue weighted by molar-refractivity contribution is 0.110. The fourth-order valence-electron chi connectivity index (χ4n) is 4.62. The van der Waals surface area contributed by atoms with Crippen molar-refractivity contribution in [3.63, 3.8) is 0 Å². The van der Waals surface area contributed by atoms with Crippen LogP contribution in [0, 0.1) is 5.82 Å². The Kier molecular flexibility index (Phi) is 7.16. The summed E-state index contributed by atoms with van der Waals surface area (Å²) in [6.45, 7) is 2.53. The van der Waals surface area contributed by atoms with Crippen LogP contribution in [0.5, 0.6) is 5.75 Å². The van der Waals surface area contributed by atoms with Gasteiger partial charge in [0.15, 0.2) is 5.82 Å². The predicted molar refractivity (Wildman–Crippen MR) is 163 cm³/mol. The molecule has 200 valence electrons. The Labute approximate surface area is 240 Å². The van der Waals surface area contributed by atoms with Crippen LogP contribution in [0.3, 0.4) is 0 Å². The van der Waals surface area contributed by atoms with Crippen LogP contribution < -0.4 is 15.0 Å². The number of fused-ring (bicyclic) bond motifs is 2. The van der Waals surface area contributed by atoms with Gasteiger partial charge in [-0.25, -0.2) is 19.3 Å². The molecule has 0 fully saturated rings. The molecule has 0 radical (unpaired) electrons. The van der Waals surface area contributed by atoms with Gasteiger partial charge in [0.05, 0.1) is 30.1 Å². The number of anilines is 2. The van der Waals surface area contributed by atoms with Crippen LogP contribution in [0.15, 0.2) is 79.3 Å². The molecule has 0 aliphatic carbocycles. The largest absolute Gasteiger partial charge is 0.497 e. The first-order valence-corrected chi connectivity index (χ1v) is 14.9. The molecular weight excluding hydrogens is 622 g/mol. The molecule has 0 saturated carbocycles. The fraction of sp³-hybridized carbons (Fsp3) is 0.133. The molecule has 0 bridgehead atoms. The number of pyridine rings is 2. The Balaban J connectivity index is 1.36. The molecule has 10 heteroatoms. The van der Waals surface area contributed by atoms with Crippen LogP contribution in [0.25, 0.3) is 22.2 Å². The van der Waals surface area contributed by atoms with Gasteiger partial charge < -0.3 is 15.0 Å². The Morgan fingerprint density at radius 3 is 2.67 bits per heavy atom. The molecule has 0 amide bonds. The molecule has 1 N–H and O–H groups in total. The van der Waals surface area contributed by atoms with E-state index in [-0.39, 0.29) is 15.6 Å². The number of hydrogen-bond acceptors (Lipinski definition) is 8. The number of methoxy groups -OCH3 is 1. The van der Waals surface area contributed by atoms with E-state index in [9.17, 15) is 9.18 Å². The van der Waals surface area contributed by atoms with E-state index in [0.29, 0.717) is 40.3 Å². The van der Waals surface area contributed by atoms with Crippen molar-refractivity contribution in [3.05, 3.63) is 102 Å². The van der Waals surface area contributed by atoms with Gasteiger partial charge >= 0.3 is 0 Å². The lowest BCUT2D eigenvalue weighted by Crippen LogP contribution is -2.27. The average molecular weight is 646 g/mol. The highest BCUT2D eigenvalue weighted by atomic mass is 127. The van der Waals surface area contributed by atoms with E-state index in [1.165, 1.54) is 18.5 Å². The second-order valence-electron chi connectivity index (χ2n) is 9.22. The predicted octanol–water partition coefficient (Wildman–Crippen LogP) is 6.30. The van der Waals surface area contributed by atoms with Gasteiger partial charge in [0.25, 0.3) is 0 Å². The number of carbonyl (C=O) groups excluding carboxylic acids is 1. The monoisotopic (exact) mass is 646 g/mol. The lowest BCUT2D eigenvalue weighted by Gasteiger charge is -2.26. The first-order chi connectivity index (χ1) is 19.5. The highest BCUT2D eigenvalue weighted by Gasteiger charge is 2.27. The van der Waals surface area contributed by atoms with Crippen molar-refractivity contribution in [2.75, 3.05) is 17.3 Å². The summed E-state index contributed by atoms with van der Waals surface area (Å²) in [6, 6.07) is 19.5. The van der Waals surface area contributed by atoms with Gasteiger partial charge in [-0.05, 0) is 81.7 Å². The maximum atomic E-state index is 14.0. The van der Waals surface area contributed by atoms with E-state index < -0.39 is 20.7 Å². The van der Waals surface area contributed by atoms with Gasteiger partial charge in [0.1, 0.15) is 29.3 Å². The molecule has 0 unspecified atom stereocenters. The minimum Gasteiger partial charge on any atom is -0.497 e. The van der Waals surface area contributed by atoms with Gasteiger partial charge in [-0.3, -0.25) is 9.78 Å². The minimum atomic E-state index is -0.897. The van der Waals surface area contributed by atoms with Crippen molar-refractivity contribution in [3.8, 4) is 17.0 Å². The summed E-state index contributed by atoms with van der Waals surface area (Å²) < 4.78 is 21.3. The number of rotatable bonds is 7. The highest BCUT2D eigenvalue weighted by molar-refractivity contribution is 14.2. The van der Waals surface area contributed by atoms with Gasteiger partial charge in [0, 0.05) is 27.8 Å². The number of nitrogens with one attached hydrogen (secondary N) is 1. The van der Waals surface area contributed by atoms with Gasteiger partial charge in [-0.1, -0.05) is 18.2 Å². The third-order valence-electron chi connectivity index (χ3n) is 6.58. The zero-order chi connectivity index (χ0) is 27.6. The summed E-state index contributed by atoms with van der Waals surface area (Å²) in [6.07, 6.45) is 3.18. The van der Waals surface area contributed by atoms with Crippen molar-refractivity contribution < 1.29 is 13.9 Å². The van der Waals surface area contributed by atoms with Crippen molar-refractivity contribution >= 4 is 51.2 Å². The Morgan fingerprint density at radius 2 is 1.90 bits per heavy atom. The first kappa shape index (κ1) is 25.9. The zero-order valence-electron chi connectivity index (χ0n) is 21.7. The van der Waals surface area contributed by atoms with E-state index in [4.69, 9.17) is 9.72 Å². The number of ether oxygens (including phenoxy) is 1. The van der Waals surface area contributed by atoms with E-state index in [0.717, 1.165) is 22.6 Å². The first-order valence-electron chi connectivity index (χ1n) is 12.5. The molecule has 3 aromatic heterocycles. The summed E-state index contributed by atoms with van der Waals surface area (Å²) >= 11 is -0.897. The number of benzene rings is 2. The van der Waals surface area contributed by atoms with Crippen LogP contribution in [0.1, 0.15) is 34.6 Å². The smallest absolute Gasteiger partial charge is 0.225 e. The van der Waals surface area contributed by atoms with Gasteiger partial charge in [0.2, 0.25) is 3.79 Å². The third kappa shape index (κ3) is 5.14. The summed E-state index contributed by atoms with van der Waals surface area (Å²) in [4.78, 5) is 33.6. The van der Waals surface area contributed by atoms with E-state index >= 15 is 0 Å². The number of hydrogen-bond donors (Lipinski definition) is 1. The second-order valence-corrected chi connectivity index (χ2v) is 11.4. The summed E-state index contributed by atoms with van der Waals surface area (Å²) in [5.74, 6) is 1.49. The van der Waals surface area contributed by atoms with Crippen molar-refractivity contribution in [2.45, 2.75) is 19.5 Å². The molecule has 2 aromatic carbocycles. The molecule has 1 aliphatic rings. The van der Waals surface area contributed by atoms with Gasteiger partial charge in [-0.15, -0.1) is 0 Å². The normalized spacial score (nSPS) is 13.5. The van der Waals surface area contributed by atoms with Crippen LogP contribution in [-0.2, 0) is 6.54 Å². The molecular formula is C30H24FIN6O2. The van der Waals surface area contributed by atoms with Crippen molar-refractivity contribution in [2.24, 2.45) is 0 Å². The molecule has 6 rings (SSSR count). The minimum absolute atomic E-state index is 0.0435. The molecule has 1 aliphatic heterocycles. The summed E-state index contributed by atoms with van der Waals surface area (Å²) in [7, 11) is 1.64. The van der Waals surface area contributed by atoms with Crippen molar-refractivity contribution in [1.29, 1.82) is 0 Å². The number of aromatic nitrogens is 4. The van der Waals surface area contributed by atoms with Gasteiger partial charge in [-0.2, -0.15) is 0 Å². The van der Waals surface area contributed by atoms with E-state index in [1.54, 1.807) is 19.4 Å². The maximum Gasteiger partial charge on any atom is 0.225 e. The molecule has 40 heavy (non-hydrogen) atoms. The number of nitrogens with zero attached hydrogens (tertiary/aromatic N) is 5. The fourth-order valence-corrected chi connectivity index (χ4v) is 6.48. The molecule has 0 saturated heterocycles. The Hall–Kier alpha value is -4.32. The number of carbonyl (C=O) groups is 1. The summed E-state index contributed by atoms with van der Waals surface area (Å²) in [5.41, 5.74) is 4.42. The Bertz CT molecular complexity index is 1750. The molecule has 0 spiro atoms. The average Bonchev–Trinajstić information content (AvgIpc) is 2.98. The molecule has 5 aromatic rings. The van der Waals surface area contributed by atoms with Crippen LogP contribution in [-0.4, -0.2) is 35.0 Å². The lowest BCUT2D eigenvalue weighted by atomic mass is 10.0. The topological polar surface area (TPSA) is 93.1 Å². The van der Waals surface area contributed by atoms with E-state index in [2.05, 4.69) is 20.3 Å².